The molecule has 1 aromatic rings. The van der Waals surface area contributed by atoms with E-state index in [1.54, 1.807) is 18.2 Å². The smallest absolute Gasteiger partial charge is 0.299 e. The van der Waals surface area contributed by atoms with Crippen LogP contribution >= 0.6 is 0 Å². The fraction of sp³-hybridized carbons (Fsp3) is 0.385. The van der Waals surface area contributed by atoms with Crippen molar-refractivity contribution in [2.24, 2.45) is 5.73 Å². The summed E-state index contributed by atoms with van der Waals surface area (Å²) in [4.78, 5) is 0. The number of hydrogen-bond donors (Lipinski definition) is 3. The Labute approximate surface area is 113 Å². The van der Waals surface area contributed by atoms with E-state index in [1.165, 1.54) is 0 Å². The van der Waals surface area contributed by atoms with E-state index in [9.17, 15) is 8.42 Å². The molecule has 1 saturated carbocycles. The minimum absolute atomic E-state index is 0.0910. The lowest BCUT2D eigenvalue weighted by Gasteiger charge is -2.09. The Morgan fingerprint density at radius 2 is 2.16 bits per heavy atom. The summed E-state index contributed by atoms with van der Waals surface area (Å²) in [6.45, 7) is 2.19. The van der Waals surface area contributed by atoms with Crippen molar-refractivity contribution < 1.29 is 8.42 Å². The first-order valence-electron chi connectivity index (χ1n) is 6.10. The average molecular weight is 279 g/mol. The molecule has 2 rings (SSSR count). The lowest BCUT2D eigenvalue weighted by atomic mass is 10.1. The van der Waals surface area contributed by atoms with Gasteiger partial charge >= 0.3 is 0 Å². The molecule has 0 atom stereocenters. The molecule has 19 heavy (non-hydrogen) atoms. The van der Waals surface area contributed by atoms with E-state index in [0.29, 0.717) is 12.2 Å². The van der Waals surface area contributed by atoms with Gasteiger partial charge in [-0.15, -0.1) is 0 Å². The zero-order valence-electron chi connectivity index (χ0n) is 10.7. The lowest BCUT2D eigenvalue weighted by Crippen LogP contribution is -2.31. The Morgan fingerprint density at radius 3 is 2.74 bits per heavy atom. The number of benzene rings is 1. The third-order valence-corrected chi connectivity index (χ3v) is 3.85. The van der Waals surface area contributed by atoms with Gasteiger partial charge in [-0.05, 0) is 43.5 Å². The van der Waals surface area contributed by atoms with Crippen LogP contribution in [-0.4, -0.2) is 21.0 Å². The molecule has 0 unspecified atom stereocenters. The van der Waals surface area contributed by atoms with Crippen LogP contribution in [0.1, 0.15) is 24.0 Å². The van der Waals surface area contributed by atoms with E-state index in [-0.39, 0.29) is 6.04 Å². The molecule has 0 saturated heterocycles. The number of nitrogens with two attached hydrogens (primary N) is 1. The fourth-order valence-electron chi connectivity index (χ4n) is 1.62. The maximum absolute atomic E-state index is 11.8. The van der Waals surface area contributed by atoms with Crippen LogP contribution < -0.4 is 15.2 Å². The Kier molecular flexibility index (Phi) is 4.10. The summed E-state index contributed by atoms with van der Waals surface area (Å²) in [6, 6.07) is 5.33. The van der Waals surface area contributed by atoms with Crippen molar-refractivity contribution >= 4 is 15.9 Å². The van der Waals surface area contributed by atoms with Crippen molar-refractivity contribution in [2.75, 3.05) is 11.3 Å². The molecule has 1 aromatic carbocycles. The minimum Gasteiger partial charge on any atom is -0.320 e. The summed E-state index contributed by atoms with van der Waals surface area (Å²) in [5.41, 5.74) is 7.61. The quantitative estimate of drug-likeness (QED) is 0.710. The predicted octanol–water partition coefficient (Wildman–Crippen LogP) is 0.714. The van der Waals surface area contributed by atoms with Gasteiger partial charge in [0, 0.05) is 11.6 Å². The second-order valence-electron chi connectivity index (χ2n) is 4.53. The third kappa shape index (κ3) is 4.24. The molecule has 0 radical (unpaired) electrons. The van der Waals surface area contributed by atoms with Crippen LogP contribution in [0.2, 0.25) is 0 Å². The minimum atomic E-state index is -3.47. The molecule has 5 nitrogen and oxygen atoms in total. The summed E-state index contributed by atoms with van der Waals surface area (Å²) in [5, 5.41) is 0. The third-order valence-electron chi connectivity index (χ3n) is 2.70. The maximum Gasteiger partial charge on any atom is 0.299 e. The second kappa shape index (κ2) is 5.61. The zero-order chi connectivity index (χ0) is 13.9. The maximum atomic E-state index is 11.8. The van der Waals surface area contributed by atoms with Gasteiger partial charge in [-0.1, -0.05) is 11.8 Å². The largest absolute Gasteiger partial charge is 0.320 e. The van der Waals surface area contributed by atoms with Crippen LogP contribution in [0.15, 0.2) is 18.2 Å². The molecule has 0 bridgehead atoms. The van der Waals surface area contributed by atoms with Crippen LogP contribution in [0, 0.1) is 18.8 Å². The highest BCUT2D eigenvalue weighted by atomic mass is 32.2. The Bertz CT molecular complexity index is 625. The topological polar surface area (TPSA) is 84.2 Å². The molecule has 0 aliphatic heterocycles. The van der Waals surface area contributed by atoms with Gasteiger partial charge < -0.3 is 5.73 Å². The van der Waals surface area contributed by atoms with Gasteiger partial charge in [0.25, 0.3) is 10.2 Å². The van der Waals surface area contributed by atoms with Crippen LogP contribution in [0.4, 0.5) is 5.69 Å². The van der Waals surface area contributed by atoms with Gasteiger partial charge in [-0.3, -0.25) is 4.72 Å². The number of aryl methyl sites for hydroxylation is 1. The van der Waals surface area contributed by atoms with E-state index >= 15 is 0 Å². The number of hydrogen-bond acceptors (Lipinski definition) is 3. The molecular formula is C13H17N3O2S. The van der Waals surface area contributed by atoms with Gasteiger partial charge in [0.15, 0.2) is 0 Å². The van der Waals surface area contributed by atoms with Crippen molar-refractivity contribution in [2.45, 2.75) is 25.8 Å². The van der Waals surface area contributed by atoms with E-state index in [0.717, 1.165) is 24.0 Å². The molecule has 0 aromatic heterocycles. The normalized spacial score (nSPS) is 14.6. The highest BCUT2D eigenvalue weighted by Crippen LogP contribution is 2.21. The molecule has 0 spiro atoms. The lowest BCUT2D eigenvalue weighted by molar-refractivity contribution is 0.586. The standard InChI is InChI=1S/C13H17N3O2S/c1-10-9-13(5-4-11(10)3-2-8-14)16-19(17,18)15-12-6-7-12/h4-5,9,12,15-16H,6-8,14H2,1H3. The molecule has 1 fully saturated rings. The van der Waals surface area contributed by atoms with E-state index in [2.05, 4.69) is 21.3 Å². The summed E-state index contributed by atoms with van der Waals surface area (Å²) in [5.74, 6) is 5.71. The number of rotatable bonds is 4. The molecule has 0 amide bonds. The summed E-state index contributed by atoms with van der Waals surface area (Å²) >= 11 is 0. The number of nitrogens with one attached hydrogen (secondary N) is 2. The summed E-state index contributed by atoms with van der Waals surface area (Å²) in [6.07, 6.45) is 1.82. The SMILES string of the molecule is Cc1cc(NS(=O)(=O)NC2CC2)ccc1C#CCN. The first-order valence-corrected chi connectivity index (χ1v) is 7.58. The van der Waals surface area contributed by atoms with E-state index in [1.807, 2.05) is 6.92 Å². The Morgan fingerprint density at radius 1 is 1.42 bits per heavy atom. The fourth-order valence-corrected chi connectivity index (χ4v) is 2.79. The van der Waals surface area contributed by atoms with Gasteiger partial charge in [-0.2, -0.15) is 13.1 Å². The monoisotopic (exact) mass is 279 g/mol. The molecule has 0 heterocycles. The second-order valence-corrected chi connectivity index (χ2v) is 5.98. The molecule has 1 aliphatic rings. The van der Waals surface area contributed by atoms with Crippen LogP contribution in [0.25, 0.3) is 0 Å². The van der Waals surface area contributed by atoms with Gasteiger partial charge in [0.2, 0.25) is 0 Å². The van der Waals surface area contributed by atoms with Crippen LogP contribution in [0.3, 0.4) is 0 Å². The van der Waals surface area contributed by atoms with Crippen LogP contribution in [0.5, 0.6) is 0 Å². The first-order chi connectivity index (χ1) is 9.00. The summed E-state index contributed by atoms with van der Waals surface area (Å²) in [7, 11) is -3.47. The first kappa shape index (κ1) is 13.9. The van der Waals surface area contributed by atoms with Gasteiger partial charge in [0.1, 0.15) is 0 Å². The Hall–Kier alpha value is -1.55. The summed E-state index contributed by atoms with van der Waals surface area (Å²) < 4.78 is 28.6. The molecule has 6 heteroatoms. The molecular weight excluding hydrogens is 262 g/mol. The van der Waals surface area contributed by atoms with E-state index in [4.69, 9.17) is 5.73 Å². The highest BCUT2D eigenvalue weighted by Gasteiger charge is 2.26. The van der Waals surface area contributed by atoms with Crippen molar-refractivity contribution in [3.63, 3.8) is 0 Å². The predicted molar refractivity (Wildman–Crippen MR) is 75.8 cm³/mol. The zero-order valence-corrected chi connectivity index (χ0v) is 11.5. The van der Waals surface area contributed by atoms with Crippen molar-refractivity contribution in [1.29, 1.82) is 0 Å². The molecule has 1 aliphatic carbocycles. The van der Waals surface area contributed by atoms with Crippen molar-refractivity contribution in [3.8, 4) is 11.8 Å². The van der Waals surface area contributed by atoms with Crippen molar-refractivity contribution in [1.82, 2.24) is 4.72 Å². The number of anilines is 1. The molecule has 102 valence electrons. The Balaban J connectivity index is 2.11. The van der Waals surface area contributed by atoms with Crippen LogP contribution in [-0.2, 0) is 10.2 Å². The highest BCUT2D eigenvalue weighted by molar-refractivity contribution is 7.90. The molecule has 4 N–H and O–H groups in total. The van der Waals surface area contributed by atoms with Crippen molar-refractivity contribution in [3.05, 3.63) is 29.3 Å². The van der Waals surface area contributed by atoms with Gasteiger partial charge in [-0.25, -0.2) is 0 Å². The van der Waals surface area contributed by atoms with Gasteiger partial charge in [0.05, 0.1) is 12.2 Å². The average Bonchev–Trinajstić information content (AvgIpc) is 3.10. The van der Waals surface area contributed by atoms with E-state index < -0.39 is 10.2 Å².